The van der Waals surface area contributed by atoms with Crippen molar-refractivity contribution in [3.63, 3.8) is 0 Å². The zero-order chi connectivity index (χ0) is 24.0. The van der Waals surface area contributed by atoms with E-state index in [1.165, 1.54) is 0 Å². The van der Waals surface area contributed by atoms with Crippen LogP contribution < -0.4 is 4.74 Å². The minimum atomic E-state index is -0.360. The molecule has 7 atom stereocenters. The lowest BCUT2D eigenvalue weighted by Crippen LogP contribution is -2.40. The molecule has 3 aliphatic heterocycles. The summed E-state index contributed by atoms with van der Waals surface area (Å²) >= 11 is 6.10. The van der Waals surface area contributed by atoms with Gasteiger partial charge in [0.1, 0.15) is 24.6 Å². The second kappa shape index (κ2) is 12.2. The molecule has 0 amide bonds. The van der Waals surface area contributed by atoms with Crippen molar-refractivity contribution in [1.82, 2.24) is 0 Å². The van der Waals surface area contributed by atoms with Gasteiger partial charge in [-0.05, 0) is 56.7 Å². The number of esters is 1. The van der Waals surface area contributed by atoms with Crippen molar-refractivity contribution in [2.45, 2.75) is 88.4 Å². The Kier molecular flexibility index (Phi) is 8.81. The Morgan fingerprint density at radius 1 is 1.03 bits per heavy atom. The summed E-state index contributed by atoms with van der Waals surface area (Å²) in [6, 6.07) is 7.28. The third kappa shape index (κ3) is 6.87. The van der Waals surface area contributed by atoms with E-state index in [4.69, 9.17) is 44.8 Å². The van der Waals surface area contributed by atoms with Crippen molar-refractivity contribution in [3.05, 3.63) is 29.3 Å². The highest BCUT2D eigenvalue weighted by Gasteiger charge is 2.52. The number of hydrogen-bond acceptors (Lipinski definition) is 8. The van der Waals surface area contributed by atoms with Gasteiger partial charge in [0.05, 0.1) is 25.2 Å². The Balaban J connectivity index is 1.22. The molecule has 0 spiro atoms. The van der Waals surface area contributed by atoms with Gasteiger partial charge < -0.3 is 33.2 Å². The second-order valence-electron chi connectivity index (χ2n) is 9.72. The van der Waals surface area contributed by atoms with E-state index in [2.05, 4.69) is 0 Å². The molecule has 1 aliphatic carbocycles. The van der Waals surface area contributed by atoms with Gasteiger partial charge in [0.15, 0.2) is 12.6 Å². The quantitative estimate of drug-likeness (QED) is 0.432. The number of carbonyl (C=O) groups is 1. The van der Waals surface area contributed by atoms with E-state index in [0.717, 1.165) is 38.5 Å². The molecule has 9 heteroatoms. The first-order valence-corrected chi connectivity index (χ1v) is 13.3. The van der Waals surface area contributed by atoms with E-state index in [0.29, 0.717) is 36.8 Å². The smallest absolute Gasteiger partial charge is 0.306 e. The molecule has 4 aliphatic rings. The fourth-order valence-electron chi connectivity index (χ4n) is 5.32. The molecule has 1 saturated carbocycles. The van der Waals surface area contributed by atoms with E-state index < -0.39 is 0 Å². The maximum absolute atomic E-state index is 12.0. The van der Waals surface area contributed by atoms with Crippen LogP contribution in [0.15, 0.2) is 24.3 Å². The number of halogens is 1. The van der Waals surface area contributed by atoms with Crippen LogP contribution in [0.3, 0.4) is 0 Å². The van der Waals surface area contributed by atoms with Crippen LogP contribution >= 0.6 is 11.6 Å². The highest BCUT2D eigenvalue weighted by atomic mass is 35.5. The van der Waals surface area contributed by atoms with Crippen molar-refractivity contribution < 1.29 is 38.0 Å². The highest BCUT2D eigenvalue weighted by Crippen LogP contribution is 2.41. The molecular weight excluding hydrogens is 476 g/mol. The minimum Gasteiger partial charge on any atom is -0.491 e. The first-order valence-electron chi connectivity index (χ1n) is 12.9. The predicted octanol–water partition coefficient (Wildman–Crippen LogP) is 4.26. The molecule has 0 bridgehead atoms. The van der Waals surface area contributed by atoms with Crippen LogP contribution in [-0.4, -0.2) is 69.4 Å². The first kappa shape index (κ1) is 25.2. The normalized spacial score (nSPS) is 33.8. The lowest BCUT2D eigenvalue weighted by atomic mass is 10.0. The number of hydrogen-bond donors (Lipinski definition) is 0. The van der Waals surface area contributed by atoms with Gasteiger partial charge in [0.2, 0.25) is 0 Å². The first-order chi connectivity index (χ1) is 17.1. The molecule has 1 aromatic rings. The number of rotatable bonds is 10. The van der Waals surface area contributed by atoms with Crippen LogP contribution in [0, 0.1) is 5.92 Å². The van der Waals surface area contributed by atoms with E-state index in [1.54, 1.807) is 12.1 Å². The third-order valence-electron chi connectivity index (χ3n) is 7.07. The molecule has 3 saturated heterocycles. The van der Waals surface area contributed by atoms with Crippen molar-refractivity contribution in [1.29, 1.82) is 0 Å². The van der Waals surface area contributed by atoms with Crippen LogP contribution in [0.1, 0.15) is 51.4 Å². The van der Waals surface area contributed by atoms with E-state index in [-0.39, 0.29) is 62.1 Å². The van der Waals surface area contributed by atoms with Crippen LogP contribution in [-0.2, 0) is 33.2 Å². The van der Waals surface area contributed by atoms with Gasteiger partial charge in [0.25, 0.3) is 0 Å². The third-order valence-corrected chi connectivity index (χ3v) is 7.30. The van der Waals surface area contributed by atoms with Crippen molar-refractivity contribution in [3.8, 4) is 5.75 Å². The van der Waals surface area contributed by atoms with Crippen LogP contribution in [0.25, 0.3) is 0 Å². The monoisotopic (exact) mass is 510 g/mol. The van der Waals surface area contributed by atoms with Crippen molar-refractivity contribution in [2.75, 3.05) is 26.4 Å². The zero-order valence-corrected chi connectivity index (χ0v) is 20.7. The molecule has 0 aromatic heterocycles. The predicted molar refractivity (Wildman–Crippen MR) is 126 cm³/mol. The summed E-state index contributed by atoms with van der Waals surface area (Å²) in [6.07, 6.45) is 5.41. The SMILES string of the molecule is O=C1C[C@H]2[C@H](OCC(COc3cccc(Cl)c3)OC3CCCCO3)[C@@H](OC3CCCCO3)C[C@H]2O1. The number of fused-ring (bicyclic) bond motifs is 1. The van der Waals surface area contributed by atoms with Crippen LogP contribution in [0.4, 0.5) is 0 Å². The molecule has 0 radical (unpaired) electrons. The minimum absolute atomic E-state index is 0.0310. The van der Waals surface area contributed by atoms with E-state index in [1.807, 2.05) is 12.1 Å². The highest BCUT2D eigenvalue weighted by molar-refractivity contribution is 6.30. The molecule has 8 nitrogen and oxygen atoms in total. The number of carbonyl (C=O) groups excluding carboxylic acids is 1. The molecule has 35 heavy (non-hydrogen) atoms. The molecular formula is C26H35ClO8. The Morgan fingerprint density at radius 2 is 1.83 bits per heavy atom. The molecule has 194 valence electrons. The Bertz CT molecular complexity index is 825. The standard InChI is InChI=1S/C26H35ClO8/c27-17-6-5-7-18(12-17)31-15-19(33-24-8-1-3-10-29-24)16-32-26-20-13-23(28)34-21(20)14-22(26)35-25-9-2-4-11-30-25/h5-7,12,19-22,24-26H,1-4,8-11,13-16H2/t19?,20-,21-,22+,24?,25?,26+/m1/s1. The molecule has 0 N–H and O–H groups in total. The number of benzene rings is 1. The Morgan fingerprint density at radius 3 is 2.57 bits per heavy atom. The summed E-state index contributed by atoms with van der Waals surface area (Å²) in [7, 11) is 0. The van der Waals surface area contributed by atoms with E-state index >= 15 is 0 Å². The summed E-state index contributed by atoms with van der Waals surface area (Å²) in [5.74, 6) is 0.465. The van der Waals surface area contributed by atoms with Crippen LogP contribution in [0.5, 0.6) is 5.75 Å². The summed E-state index contributed by atoms with van der Waals surface area (Å²) < 4.78 is 42.1. The molecule has 4 fully saturated rings. The van der Waals surface area contributed by atoms with Crippen molar-refractivity contribution in [2.24, 2.45) is 5.92 Å². The fourth-order valence-corrected chi connectivity index (χ4v) is 5.50. The maximum atomic E-state index is 12.0. The van der Waals surface area contributed by atoms with Gasteiger partial charge in [-0.15, -0.1) is 0 Å². The summed E-state index contributed by atoms with van der Waals surface area (Å²) in [4.78, 5) is 12.0. The average Bonchev–Trinajstić information content (AvgIpc) is 3.37. The van der Waals surface area contributed by atoms with Gasteiger partial charge in [-0.1, -0.05) is 17.7 Å². The van der Waals surface area contributed by atoms with Gasteiger partial charge in [-0.2, -0.15) is 0 Å². The lowest BCUT2D eigenvalue weighted by molar-refractivity contribution is -0.226. The van der Waals surface area contributed by atoms with Gasteiger partial charge in [-0.3, -0.25) is 4.79 Å². The average molecular weight is 511 g/mol. The van der Waals surface area contributed by atoms with Gasteiger partial charge >= 0.3 is 5.97 Å². The largest absolute Gasteiger partial charge is 0.491 e. The van der Waals surface area contributed by atoms with Crippen molar-refractivity contribution >= 4 is 17.6 Å². The summed E-state index contributed by atoms with van der Waals surface area (Å²) in [5.41, 5.74) is 0. The second-order valence-corrected chi connectivity index (χ2v) is 10.2. The summed E-state index contributed by atoms with van der Waals surface area (Å²) in [6.45, 7) is 1.97. The maximum Gasteiger partial charge on any atom is 0.306 e. The molecule has 3 heterocycles. The Hall–Kier alpha value is -1.42. The number of ether oxygens (including phenoxy) is 7. The molecule has 1 aromatic carbocycles. The molecule has 5 rings (SSSR count). The molecule has 3 unspecified atom stereocenters. The van der Waals surface area contributed by atoms with Crippen LogP contribution in [0.2, 0.25) is 5.02 Å². The Labute approximate surface area is 211 Å². The zero-order valence-electron chi connectivity index (χ0n) is 20.0. The van der Waals surface area contributed by atoms with E-state index in [9.17, 15) is 4.79 Å². The fraction of sp³-hybridized carbons (Fsp3) is 0.731. The summed E-state index contributed by atoms with van der Waals surface area (Å²) in [5, 5.41) is 0.611. The lowest BCUT2D eigenvalue weighted by Gasteiger charge is -2.32. The van der Waals surface area contributed by atoms with Gasteiger partial charge in [0, 0.05) is 30.6 Å². The van der Waals surface area contributed by atoms with Gasteiger partial charge in [-0.25, -0.2) is 0 Å². The topological polar surface area (TPSA) is 81.7 Å².